The Morgan fingerprint density at radius 3 is 2.29 bits per heavy atom. The molecular formula is C17H21NO3. The second-order valence-corrected chi connectivity index (χ2v) is 5.10. The van der Waals surface area contributed by atoms with E-state index in [4.69, 9.17) is 4.84 Å². The van der Waals surface area contributed by atoms with E-state index in [9.17, 15) is 9.59 Å². The molecule has 0 radical (unpaired) electrons. The highest BCUT2D eigenvalue weighted by atomic mass is 16.6. The van der Waals surface area contributed by atoms with Crippen LogP contribution < -0.4 is 5.48 Å². The number of Topliss-reactive ketones (excluding diaryl/α,β-unsaturated/α-hetero) is 2. The van der Waals surface area contributed by atoms with Gasteiger partial charge in [-0.1, -0.05) is 37.3 Å². The maximum absolute atomic E-state index is 12.4. The van der Waals surface area contributed by atoms with E-state index in [1.807, 2.05) is 44.2 Å². The first kappa shape index (κ1) is 15.4. The van der Waals surface area contributed by atoms with Gasteiger partial charge in [-0.15, -0.1) is 0 Å². The maximum atomic E-state index is 12.4. The molecular weight excluding hydrogens is 266 g/mol. The van der Waals surface area contributed by atoms with Gasteiger partial charge in [-0.2, -0.15) is 0 Å². The van der Waals surface area contributed by atoms with Crippen LogP contribution in [0, 0.1) is 0 Å². The summed E-state index contributed by atoms with van der Waals surface area (Å²) in [4.78, 5) is 29.9. The lowest BCUT2D eigenvalue weighted by Gasteiger charge is -2.24. The first-order chi connectivity index (χ1) is 10.2. The highest BCUT2D eigenvalue weighted by molar-refractivity contribution is 6.22. The molecule has 2 rings (SSSR count). The molecule has 4 heteroatoms. The van der Waals surface area contributed by atoms with Crippen LogP contribution >= 0.6 is 0 Å². The van der Waals surface area contributed by atoms with Crippen molar-refractivity contribution in [3.63, 3.8) is 0 Å². The quantitative estimate of drug-likeness (QED) is 0.514. The Bertz CT molecular complexity index is 528. The summed E-state index contributed by atoms with van der Waals surface area (Å²) >= 11 is 0. The molecule has 1 aromatic rings. The van der Waals surface area contributed by atoms with Crippen LogP contribution in [0.2, 0.25) is 0 Å². The Hall–Kier alpha value is -1.94. The van der Waals surface area contributed by atoms with Gasteiger partial charge in [0.05, 0.1) is 17.9 Å². The number of carbonyl (C=O) groups excluding carboxylic acids is 2. The van der Waals surface area contributed by atoms with Gasteiger partial charge in [0.2, 0.25) is 0 Å². The number of hydrogen-bond acceptors (Lipinski definition) is 4. The molecule has 112 valence electrons. The third-order valence-corrected chi connectivity index (χ3v) is 3.69. The van der Waals surface area contributed by atoms with Crippen molar-refractivity contribution < 1.29 is 14.4 Å². The Balaban J connectivity index is 2.21. The van der Waals surface area contributed by atoms with Crippen molar-refractivity contribution in [2.75, 3.05) is 6.61 Å². The topological polar surface area (TPSA) is 55.4 Å². The molecule has 4 nitrogen and oxygen atoms in total. The van der Waals surface area contributed by atoms with Gasteiger partial charge in [0, 0.05) is 12.8 Å². The summed E-state index contributed by atoms with van der Waals surface area (Å²) in [5, 5.41) is 0. The van der Waals surface area contributed by atoms with Gasteiger partial charge in [0.1, 0.15) is 0 Å². The number of hydrogen-bond donors (Lipinski definition) is 1. The number of hydroxylamine groups is 1. The molecule has 1 fully saturated rings. The van der Waals surface area contributed by atoms with Gasteiger partial charge in [0.15, 0.2) is 11.6 Å². The van der Waals surface area contributed by atoms with Crippen molar-refractivity contribution in [1.29, 1.82) is 0 Å². The van der Waals surface area contributed by atoms with E-state index in [-0.39, 0.29) is 23.1 Å². The van der Waals surface area contributed by atoms with Gasteiger partial charge in [-0.05, 0) is 24.8 Å². The number of rotatable bonds is 5. The minimum absolute atomic E-state index is 0.0138. The largest absolute Gasteiger partial charge is 0.294 e. The lowest BCUT2D eigenvalue weighted by molar-refractivity contribution is -0.124. The van der Waals surface area contributed by atoms with E-state index in [1.54, 1.807) is 0 Å². The van der Waals surface area contributed by atoms with Crippen LogP contribution in [0.25, 0.3) is 0 Å². The fraction of sp³-hybridized carbons (Fsp3) is 0.412. The van der Waals surface area contributed by atoms with Crippen molar-refractivity contribution in [2.45, 2.75) is 39.0 Å². The van der Waals surface area contributed by atoms with Gasteiger partial charge in [0.25, 0.3) is 0 Å². The van der Waals surface area contributed by atoms with Gasteiger partial charge in [-0.25, -0.2) is 0 Å². The SMILES string of the molecule is CCONC(CC)=C1C(=O)CC(c2ccccc2)CC1=O. The Kier molecular flexibility index (Phi) is 5.28. The smallest absolute Gasteiger partial charge is 0.168 e. The fourth-order valence-electron chi connectivity index (χ4n) is 2.64. The van der Waals surface area contributed by atoms with Gasteiger partial charge in [-0.3, -0.25) is 19.9 Å². The molecule has 0 aromatic heterocycles. The van der Waals surface area contributed by atoms with Crippen LogP contribution in [0.3, 0.4) is 0 Å². The third-order valence-electron chi connectivity index (χ3n) is 3.69. The molecule has 1 aliphatic carbocycles. The number of allylic oxidation sites excluding steroid dienone is 2. The molecule has 1 aliphatic rings. The van der Waals surface area contributed by atoms with Crippen molar-refractivity contribution in [2.24, 2.45) is 0 Å². The summed E-state index contributed by atoms with van der Waals surface area (Å²) in [6.45, 7) is 4.23. The summed E-state index contributed by atoms with van der Waals surface area (Å²) in [6, 6.07) is 9.74. The van der Waals surface area contributed by atoms with Gasteiger partial charge >= 0.3 is 0 Å². The first-order valence-electron chi connectivity index (χ1n) is 7.39. The third kappa shape index (κ3) is 3.58. The zero-order valence-corrected chi connectivity index (χ0v) is 12.5. The van der Waals surface area contributed by atoms with E-state index in [2.05, 4.69) is 5.48 Å². The highest BCUT2D eigenvalue weighted by Crippen LogP contribution is 2.32. The molecule has 0 heterocycles. The van der Waals surface area contributed by atoms with E-state index >= 15 is 0 Å². The number of nitrogens with one attached hydrogen (secondary N) is 1. The van der Waals surface area contributed by atoms with Crippen molar-refractivity contribution >= 4 is 11.6 Å². The average molecular weight is 287 g/mol. The summed E-state index contributed by atoms with van der Waals surface area (Å²) < 4.78 is 0. The normalized spacial score (nSPS) is 18.8. The van der Waals surface area contributed by atoms with Crippen molar-refractivity contribution in [3.8, 4) is 0 Å². The fourth-order valence-corrected chi connectivity index (χ4v) is 2.64. The Morgan fingerprint density at radius 1 is 1.14 bits per heavy atom. The van der Waals surface area contributed by atoms with E-state index in [1.165, 1.54) is 0 Å². The van der Waals surface area contributed by atoms with E-state index < -0.39 is 0 Å². The van der Waals surface area contributed by atoms with Crippen LogP contribution in [-0.4, -0.2) is 18.2 Å². The van der Waals surface area contributed by atoms with Crippen LogP contribution in [0.4, 0.5) is 0 Å². The zero-order valence-electron chi connectivity index (χ0n) is 12.5. The Labute approximate surface area is 125 Å². The Morgan fingerprint density at radius 2 is 1.76 bits per heavy atom. The molecule has 0 aliphatic heterocycles. The minimum Gasteiger partial charge on any atom is -0.294 e. The second kappa shape index (κ2) is 7.18. The van der Waals surface area contributed by atoms with E-state index in [0.29, 0.717) is 31.6 Å². The first-order valence-corrected chi connectivity index (χ1v) is 7.39. The molecule has 1 aromatic carbocycles. The molecule has 0 saturated heterocycles. The average Bonchev–Trinajstić information content (AvgIpc) is 2.50. The number of benzene rings is 1. The van der Waals surface area contributed by atoms with Crippen LogP contribution in [0.1, 0.15) is 44.6 Å². The van der Waals surface area contributed by atoms with Crippen molar-refractivity contribution in [3.05, 3.63) is 47.2 Å². The number of ketones is 2. The highest BCUT2D eigenvalue weighted by Gasteiger charge is 2.33. The minimum atomic E-state index is -0.0934. The summed E-state index contributed by atoms with van der Waals surface area (Å²) in [6.07, 6.45) is 1.33. The predicted molar refractivity (Wildman–Crippen MR) is 80.5 cm³/mol. The van der Waals surface area contributed by atoms with E-state index in [0.717, 1.165) is 5.56 Å². The summed E-state index contributed by atoms with van der Waals surface area (Å²) in [5.41, 5.74) is 4.68. The molecule has 1 saturated carbocycles. The van der Waals surface area contributed by atoms with Crippen LogP contribution in [0.15, 0.2) is 41.6 Å². The van der Waals surface area contributed by atoms with Crippen molar-refractivity contribution in [1.82, 2.24) is 5.48 Å². The molecule has 0 amide bonds. The lowest BCUT2D eigenvalue weighted by Crippen LogP contribution is -2.29. The number of carbonyl (C=O) groups is 2. The summed E-state index contributed by atoms with van der Waals surface area (Å²) in [5.74, 6) is -0.200. The molecule has 0 atom stereocenters. The predicted octanol–water partition coefficient (Wildman–Crippen LogP) is 2.91. The molecule has 21 heavy (non-hydrogen) atoms. The lowest BCUT2D eigenvalue weighted by atomic mass is 9.79. The summed E-state index contributed by atoms with van der Waals surface area (Å²) in [7, 11) is 0. The van der Waals surface area contributed by atoms with Gasteiger partial charge < -0.3 is 0 Å². The molecule has 0 unspecified atom stereocenters. The second-order valence-electron chi connectivity index (χ2n) is 5.10. The molecule has 1 N–H and O–H groups in total. The standard InChI is InChI=1S/C17H21NO3/c1-3-14(18-21-4-2)17-15(19)10-13(11-16(17)20)12-8-6-5-7-9-12/h5-9,13,18H,3-4,10-11H2,1-2H3. The van der Waals surface area contributed by atoms with Crippen LogP contribution in [0.5, 0.6) is 0 Å². The monoisotopic (exact) mass is 287 g/mol. The molecule has 0 spiro atoms. The molecule has 0 bridgehead atoms. The zero-order chi connectivity index (χ0) is 15.2. The van der Waals surface area contributed by atoms with Crippen LogP contribution in [-0.2, 0) is 14.4 Å². The maximum Gasteiger partial charge on any atom is 0.168 e.